The summed E-state index contributed by atoms with van der Waals surface area (Å²) >= 11 is 0. The first-order valence-corrected chi connectivity index (χ1v) is 12.4. The number of hydrogen-bond acceptors (Lipinski definition) is 6. The molecule has 0 radical (unpaired) electrons. The summed E-state index contributed by atoms with van der Waals surface area (Å²) in [6.45, 7) is 3.88. The molecule has 40 heavy (non-hydrogen) atoms. The quantitative estimate of drug-likeness (QED) is 0.163. The molecule has 0 atom stereocenters. The maximum Gasteiger partial charge on any atom is 0.277 e. The lowest BCUT2D eigenvalue weighted by molar-refractivity contribution is -0.385. The van der Waals surface area contributed by atoms with Crippen LogP contribution in [0, 0.1) is 24.0 Å². The fourth-order valence-electron chi connectivity index (χ4n) is 4.91. The fourth-order valence-corrected chi connectivity index (χ4v) is 4.91. The highest BCUT2D eigenvalue weighted by Crippen LogP contribution is 2.45. The topological polar surface area (TPSA) is 159 Å². The Balaban J connectivity index is 1.90. The van der Waals surface area contributed by atoms with Crippen molar-refractivity contribution in [2.24, 2.45) is 0 Å². The van der Waals surface area contributed by atoms with Gasteiger partial charge in [0.25, 0.3) is 16.8 Å². The molecule has 5 aromatic rings. The fraction of sp³-hybridized carbons (Fsp3) is 0.172. The Bertz CT molecular complexity index is 1710. The van der Waals surface area contributed by atoms with Gasteiger partial charge in [0, 0.05) is 5.56 Å². The summed E-state index contributed by atoms with van der Waals surface area (Å²) in [5.74, 6) is -0.834. The molecule has 0 spiro atoms. The molecule has 11 heteroatoms. The van der Waals surface area contributed by atoms with E-state index in [1.807, 2.05) is 62.4 Å². The van der Waals surface area contributed by atoms with E-state index in [9.17, 15) is 19.7 Å². The average molecular weight is 542 g/mol. The first-order chi connectivity index (χ1) is 19.2. The number of methoxy groups -OCH3 is 2. The third-order valence-electron chi connectivity index (χ3n) is 6.93. The molecule has 4 N–H and O–H groups in total. The van der Waals surface area contributed by atoms with E-state index >= 15 is 0 Å². The Morgan fingerprint density at radius 2 is 1.12 bits per heavy atom. The Morgan fingerprint density at radius 3 is 1.52 bits per heavy atom. The van der Waals surface area contributed by atoms with Gasteiger partial charge in [0.05, 0.1) is 53.6 Å². The van der Waals surface area contributed by atoms with Gasteiger partial charge in [-0.2, -0.15) is 0 Å². The highest BCUT2D eigenvalue weighted by molar-refractivity contribution is 5.73. The summed E-state index contributed by atoms with van der Waals surface area (Å²) < 4.78 is 10.8. The number of aromatic nitrogens is 4. The number of nitro benzene ring substituents is 1. The second-order valence-electron chi connectivity index (χ2n) is 9.42. The normalized spacial score (nSPS) is 11.1. The van der Waals surface area contributed by atoms with Crippen molar-refractivity contribution < 1.29 is 14.4 Å². The minimum Gasteiger partial charge on any atom is -0.493 e. The first kappa shape index (κ1) is 26.3. The SMILES string of the molecule is COc1cc(C(c2c(-c3ccc(C)cc3)[nH][nH]c2=O)c2c(-c3ccc(C)cc3)[nH][nH]c2=O)c([N+](=O)[O-])cc1OC. The lowest BCUT2D eigenvalue weighted by atomic mass is 9.82. The van der Waals surface area contributed by atoms with Gasteiger partial charge >= 0.3 is 0 Å². The van der Waals surface area contributed by atoms with Crippen LogP contribution in [0.15, 0.2) is 70.3 Å². The minimum absolute atomic E-state index is 0.0829. The monoisotopic (exact) mass is 541 g/mol. The van der Waals surface area contributed by atoms with E-state index in [-0.39, 0.29) is 33.9 Å². The van der Waals surface area contributed by atoms with E-state index in [0.717, 1.165) is 11.1 Å². The van der Waals surface area contributed by atoms with Gasteiger partial charge in [0.1, 0.15) is 0 Å². The van der Waals surface area contributed by atoms with Gasteiger partial charge in [-0.1, -0.05) is 59.7 Å². The van der Waals surface area contributed by atoms with Crippen molar-refractivity contribution in [1.29, 1.82) is 0 Å². The average Bonchev–Trinajstić information content (AvgIpc) is 3.52. The number of nitrogens with zero attached hydrogens (tertiary/aromatic N) is 1. The summed E-state index contributed by atoms with van der Waals surface area (Å²) in [4.78, 5) is 38.9. The van der Waals surface area contributed by atoms with Gasteiger partial charge in [-0.3, -0.25) is 40.1 Å². The molecule has 2 aromatic heterocycles. The molecule has 11 nitrogen and oxygen atoms in total. The van der Waals surface area contributed by atoms with Crippen molar-refractivity contribution in [3.8, 4) is 34.0 Å². The highest BCUT2D eigenvalue weighted by atomic mass is 16.6. The molecule has 0 saturated carbocycles. The van der Waals surface area contributed by atoms with Crippen LogP contribution in [0.4, 0.5) is 5.69 Å². The zero-order valence-electron chi connectivity index (χ0n) is 22.2. The number of nitro groups is 1. The molecule has 2 heterocycles. The summed E-state index contributed by atoms with van der Waals surface area (Å²) in [5, 5.41) is 23.5. The van der Waals surface area contributed by atoms with Gasteiger partial charge in [0.15, 0.2) is 11.5 Å². The number of H-pyrrole nitrogens is 4. The van der Waals surface area contributed by atoms with Crippen molar-refractivity contribution in [1.82, 2.24) is 20.4 Å². The molecule has 0 aliphatic rings. The molecular formula is C29H27N5O6. The molecule has 0 bridgehead atoms. The van der Waals surface area contributed by atoms with Crippen molar-refractivity contribution in [2.45, 2.75) is 19.8 Å². The Kier molecular flexibility index (Phi) is 6.87. The predicted molar refractivity (Wildman–Crippen MR) is 150 cm³/mol. The minimum atomic E-state index is -1.18. The van der Waals surface area contributed by atoms with Crippen LogP contribution >= 0.6 is 0 Å². The largest absolute Gasteiger partial charge is 0.493 e. The maximum absolute atomic E-state index is 13.5. The van der Waals surface area contributed by atoms with Crippen LogP contribution in [0.3, 0.4) is 0 Å². The van der Waals surface area contributed by atoms with E-state index in [0.29, 0.717) is 22.5 Å². The summed E-state index contributed by atoms with van der Waals surface area (Å²) in [5.41, 5.74) is 3.11. The smallest absolute Gasteiger partial charge is 0.277 e. The number of hydrogen-bond donors (Lipinski definition) is 4. The van der Waals surface area contributed by atoms with Crippen molar-refractivity contribution >= 4 is 5.69 Å². The molecule has 204 valence electrons. The van der Waals surface area contributed by atoms with Crippen LogP contribution in [0.5, 0.6) is 11.5 Å². The number of ether oxygens (including phenoxy) is 2. The van der Waals surface area contributed by atoms with Gasteiger partial charge in [-0.05, 0) is 31.0 Å². The standard InChI is InChI=1S/C29H27N5O6/c1-15-5-9-17(10-6-15)26-24(28(35)32-30-26)23(19-13-21(39-3)22(40-4)14-20(19)34(37)38)25-27(31-33-29(25)36)18-11-7-16(2)8-12-18/h5-14,23H,1-4H3,(H2,30,32,35)(H2,31,33,36). The number of nitrogens with one attached hydrogen (secondary N) is 4. The van der Waals surface area contributed by atoms with Gasteiger partial charge in [0.2, 0.25) is 0 Å². The molecular weight excluding hydrogens is 514 g/mol. The second-order valence-corrected chi connectivity index (χ2v) is 9.42. The summed E-state index contributed by atoms with van der Waals surface area (Å²) in [7, 11) is 2.78. The third kappa shape index (κ3) is 4.57. The van der Waals surface area contributed by atoms with Gasteiger partial charge in [-0.25, -0.2) is 0 Å². The molecule has 0 aliphatic heterocycles. The van der Waals surface area contributed by atoms with Crippen LogP contribution in [0.2, 0.25) is 0 Å². The van der Waals surface area contributed by atoms with Crippen LogP contribution < -0.4 is 20.6 Å². The van der Waals surface area contributed by atoms with Gasteiger partial charge < -0.3 is 9.47 Å². The second kappa shape index (κ2) is 10.4. The van der Waals surface area contributed by atoms with Crippen LogP contribution in [0.1, 0.15) is 33.7 Å². The van der Waals surface area contributed by atoms with E-state index in [1.165, 1.54) is 26.4 Å². The predicted octanol–water partition coefficient (Wildman–Crippen LogP) is 4.78. The van der Waals surface area contributed by atoms with Crippen molar-refractivity contribution in [2.75, 3.05) is 14.2 Å². The maximum atomic E-state index is 13.5. The number of rotatable bonds is 8. The van der Waals surface area contributed by atoms with E-state index in [2.05, 4.69) is 20.4 Å². The van der Waals surface area contributed by atoms with Gasteiger partial charge in [-0.15, -0.1) is 0 Å². The van der Waals surface area contributed by atoms with E-state index in [4.69, 9.17) is 9.47 Å². The zero-order chi connectivity index (χ0) is 28.6. The van der Waals surface area contributed by atoms with Crippen molar-refractivity contribution in [3.05, 3.63) is 119 Å². The Labute approximate surface area is 227 Å². The summed E-state index contributed by atoms with van der Waals surface area (Å²) in [6, 6.07) is 17.6. The van der Waals surface area contributed by atoms with E-state index in [1.54, 1.807) is 0 Å². The van der Waals surface area contributed by atoms with Crippen LogP contribution in [-0.2, 0) is 0 Å². The molecule has 0 unspecified atom stereocenters. The molecule has 0 saturated heterocycles. The molecule has 0 aliphatic carbocycles. The Morgan fingerprint density at radius 1 is 0.700 bits per heavy atom. The van der Waals surface area contributed by atoms with Crippen LogP contribution in [0.25, 0.3) is 22.5 Å². The number of aryl methyl sites for hydroxylation is 2. The molecule has 0 amide bonds. The molecule has 3 aromatic carbocycles. The zero-order valence-corrected chi connectivity index (χ0v) is 22.2. The summed E-state index contributed by atoms with van der Waals surface area (Å²) in [6.07, 6.45) is 0. The number of benzene rings is 3. The third-order valence-corrected chi connectivity index (χ3v) is 6.93. The highest BCUT2D eigenvalue weighted by Gasteiger charge is 2.36. The molecule has 5 rings (SSSR count). The lowest BCUT2D eigenvalue weighted by Crippen LogP contribution is -2.21. The Hall–Kier alpha value is -5.32. The first-order valence-electron chi connectivity index (χ1n) is 12.4. The van der Waals surface area contributed by atoms with Crippen molar-refractivity contribution in [3.63, 3.8) is 0 Å². The van der Waals surface area contributed by atoms with E-state index < -0.39 is 22.0 Å². The lowest BCUT2D eigenvalue weighted by Gasteiger charge is -2.19. The molecule has 0 fully saturated rings. The number of aromatic amines is 4. The van der Waals surface area contributed by atoms with Crippen LogP contribution in [-0.4, -0.2) is 39.5 Å².